The monoisotopic (exact) mass is 359 g/mol. The number of benzene rings is 2. The summed E-state index contributed by atoms with van der Waals surface area (Å²) < 4.78 is 4.86. The van der Waals surface area contributed by atoms with Gasteiger partial charge in [-0.1, -0.05) is 18.2 Å². The summed E-state index contributed by atoms with van der Waals surface area (Å²) in [5.41, 5.74) is 4.21. The summed E-state index contributed by atoms with van der Waals surface area (Å²) >= 11 is 5.13. The van der Waals surface area contributed by atoms with E-state index in [2.05, 4.69) is 15.8 Å². The molecule has 0 bridgehead atoms. The van der Waals surface area contributed by atoms with Crippen molar-refractivity contribution in [1.29, 1.82) is 0 Å². The number of nitrogens with one attached hydrogen (secondary N) is 2. The number of para-hydroxylation sites is 1. The van der Waals surface area contributed by atoms with Crippen LogP contribution >= 0.6 is 12.2 Å². The van der Waals surface area contributed by atoms with E-state index in [4.69, 9.17) is 17.0 Å². The maximum absolute atomic E-state index is 11.8. The minimum Gasteiger partial charge on any atom is -0.865 e. The molecule has 2 N–H and O–H groups in total. The van der Waals surface area contributed by atoms with E-state index in [0.29, 0.717) is 5.56 Å². The Kier molecular flexibility index (Phi) is 5.85. The van der Waals surface area contributed by atoms with Gasteiger partial charge in [-0.05, 0) is 36.8 Å². The fourth-order valence-corrected chi connectivity index (χ4v) is 2.16. The quantitative estimate of drug-likeness (QED) is 0.364. The van der Waals surface area contributed by atoms with Crippen LogP contribution in [0.2, 0.25) is 0 Å². The van der Waals surface area contributed by atoms with Gasteiger partial charge in [-0.15, -0.1) is 0 Å². The van der Waals surface area contributed by atoms with Crippen molar-refractivity contribution in [2.24, 2.45) is 5.10 Å². The molecule has 2 aromatic rings. The fraction of sp³-hybridized carbons (Fsp3) is 0.125. The first-order chi connectivity index (χ1) is 11.9. The topological polar surface area (TPSA) is 112 Å². The maximum Gasteiger partial charge on any atom is 0.266 e. The van der Waals surface area contributed by atoms with Gasteiger partial charge >= 0.3 is 0 Å². The van der Waals surface area contributed by atoms with Crippen LogP contribution in [0.5, 0.6) is 11.5 Å². The number of nitro groups is 1. The molecule has 0 aromatic heterocycles. The third kappa shape index (κ3) is 4.64. The van der Waals surface area contributed by atoms with Gasteiger partial charge in [0.25, 0.3) is 5.69 Å². The Hall–Kier alpha value is -3.20. The number of hydrogen-bond donors (Lipinski definition) is 2. The van der Waals surface area contributed by atoms with Crippen molar-refractivity contribution >= 4 is 34.9 Å². The lowest BCUT2D eigenvalue weighted by atomic mass is 10.2. The molecule has 0 aliphatic carbocycles. The van der Waals surface area contributed by atoms with Crippen molar-refractivity contribution < 1.29 is 14.8 Å². The van der Waals surface area contributed by atoms with Crippen LogP contribution in [0.4, 0.5) is 11.4 Å². The first-order valence-electron chi connectivity index (χ1n) is 7.11. The summed E-state index contributed by atoms with van der Waals surface area (Å²) in [4.78, 5) is 10.2. The molecule has 0 fully saturated rings. The molecule has 0 saturated carbocycles. The minimum atomic E-state index is -0.783. The van der Waals surface area contributed by atoms with Gasteiger partial charge in [0.1, 0.15) is 5.75 Å². The van der Waals surface area contributed by atoms with Gasteiger partial charge in [-0.25, -0.2) is 0 Å². The van der Waals surface area contributed by atoms with Gasteiger partial charge in [-0.3, -0.25) is 15.5 Å². The molecule has 0 unspecified atom stereocenters. The van der Waals surface area contributed by atoms with Crippen LogP contribution in [0.15, 0.2) is 41.5 Å². The smallest absolute Gasteiger partial charge is 0.266 e. The molecule has 0 spiro atoms. The van der Waals surface area contributed by atoms with E-state index < -0.39 is 16.4 Å². The molecule has 0 amide bonds. The van der Waals surface area contributed by atoms with Gasteiger partial charge in [0.05, 0.1) is 18.2 Å². The highest BCUT2D eigenvalue weighted by molar-refractivity contribution is 7.80. The number of rotatable bonds is 5. The Bertz CT molecular complexity index is 839. The second-order valence-corrected chi connectivity index (χ2v) is 5.38. The van der Waals surface area contributed by atoms with E-state index in [-0.39, 0.29) is 10.9 Å². The highest BCUT2D eigenvalue weighted by Gasteiger charge is 2.12. The third-order valence-corrected chi connectivity index (χ3v) is 3.44. The predicted octanol–water partition coefficient (Wildman–Crippen LogP) is 2.31. The van der Waals surface area contributed by atoms with Crippen LogP contribution in [0.25, 0.3) is 0 Å². The number of hydrogen-bond acceptors (Lipinski definition) is 6. The molecule has 8 nitrogen and oxygen atoms in total. The largest absolute Gasteiger partial charge is 0.865 e. The lowest BCUT2D eigenvalue weighted by molar-refractivity contribution is -0.398. The molecule has 0 saturated heterocycles. The fourth-order valence-electron chi connectivity index (χ4n) is 2.00. The Labute approximate surface area is 149 Å². The van der Waals surface area contributed by atoms with Gasteiger partial charge in [0, 0.05) is 23.1 Å². The van der Waals surface area contributed by atoms with Crippen molar-refractivity contribution in [3.8, 4) is 11.5 Å². The van der Waals surface area contributed by atoms with Gasteiger partial charge in [0.15, 0.2) is 5.11 Å². The summed E-state index contributed by atoms with van der Waals surface area (Å²) in [5.74, 6) is -0.911. The van der Waals surface area contributed by atoms with Crippen LogP contribution in [0.1, 0.15) is 11.1 Å². The van der Waals surface area contributed by atoms with Crippen molar-refractivity contribution in [2.75, 3.05) is 12.4 Å². The zero-order valence-corrected chi connectivity index (χ0v) is 14.3. The second-order valence-electron chi connectivity index (χ2n) is 4.97. The zero-order valence-electron chi connectivity index (χ0n) is 13.5. The second kappa shape index (κ2) is 8.06. The number of ether oxygens (including phenoxy) is 1. The summed E-state index contributed by atoms with van der Waals surface area (Å²) in [5, 5.41) is 29.8. The average molecular weight is 359 g/mol. The number of hydrazone groups is 1. The highest BCUT2D eigenvalue weighted by atomic mass is 32.1. The molecule has 0 radical (unpaired) electrons. The summed E-state index contributed by atoms with van der Waals surface area (Å²) in [7, 11) is 1.26. The number of nitro benzene ring substituents is 1. The lowest BCUT2D eigenvalue weighted by Crippen LogP contribution is -2.24. The zero-order chi connectivity index (χ0) is 18.4. The molecule has 0 atom stereocenters. The molecule has 0 aliphatic heterocycles. The molecule has 2 rings (SSSR count). The van der Waals surface area contributed by atoms with E-state index in [1.807, 2.05) is 31.2 Å². The van der Waals surface area contributed by atoms with Crippen LogP contribution in [0, 0.1) is 17.0 Å². The van der Waals surface area contributed by atoms with Crippen LogP contribution in [-0.4, -0.2) is 23.4 Å². The van der Waals surface area contributed by atoms with Crippen LogP contribution < -0.4 is 20.6 Å². The molecule has 130 valence electrons. The lowest BCUT2D eigenvalue weighted by Gasteiger charge is -2.13. The Morgan fingerprint density at radius 2 is 2.08 bits per heavy atom. The van der Waals surface area contributed by atoms with Gasteiger partial charge in [-0.2, -0.15) is 5.10 Å². The summed E-state index contributed by atoms with van der Waals surface area (Å²) in [6.45, 7) is 1.93. The summed E-state index contributed by atoms with van der Waals surface area (Å²) in [6, 6.07) is 10.1. The summed E-state index contributed by atoms with van der Waals surface area (Å²) in [6.07, 6.45) is 1.31. The molecule has 0 aliphatic rings. The highest BCUT2D eigenvalue weighted by Crippen LogP contribution is 2.33. The number of nitrogens with zero attached hydrogens (tertiary/aromatic N) is 2. The van der Waals surface area contributed by atoms with Crippen molar-refractivity contribution in [2.45, 2.75) is 6.92 Å². The van der Waals surface area contributed by atoms with Gasteiger partial charge < -0.3 is 15.2 Å². The first kappa shape index (κ1) is 18.1. The normalized spacial score (nSPS) is 10.5. The van der Waals surface area contributed by atoms with Gasteiger partial charge in [0.2, 0.25) is 0 Å². The van der Waals surface area contributed by atoms with Crippen molar-refractivity contribution in [3.05, 3.63) is 57.6 Å². The van der Waals surface area contributed by atoms with E-state index in [1.165, 1.54) is 19.4 Å². The first-order valence-corrected chi connectivity index (χ1v) is 7.52. The number of aryl methyl sites for hydroxylation is 1. The SMILES string of the molecule is COc1cc(/C=N\NC(=S)Nc2ccccc2C)cc([N+](=O)[O-])c1[O-]. The standard InChI is InChI=1S/C16H16N4O4S/c1-10-5-3-4-6-12(10)18-16(25)19-17-9-11-7-13(20(22)23)15(21)14(8-11)24-2/h3-9,21H,1-2H3,(H2,18,19,25)/p-1/b17-9-. The number of anilines is 1. The van der Waals surface area contributed by atoms with E-state index >= 15 is 0 Å². The van der Waals surface area contributed by atoms with E-state index in [1.54, 1.807) is 0 Å². The maximum atomic E-state index is 11.8. The number of thiocarbonyl (C=S) groups is 1. The van der Waals surface area contributed by atoms with Crippen molar-refractivity contribution in [1.82, 2.24) is 5.43 Å². The Balaban J connectivity index is 2.09. The molecular formula is C16H15N4O4S-. The third-order valence-electron chi connectivity index (χ3n) is 3.25. The minimum absolute atomic E-state index is 0.128. The predicted molar refractivity (Wildman–Crippen MR) is 97.2 cm³/mol. The van der Waals surface area contributed by atoms with E-state index in [0.717, 1.165) is 17.3 Å². The molecule has 0 heterocycles. The molecular weight excluding hydrogens is 344 g/mol. The molecule has 25 heavy (non-hydrogen) atoms. The Morgan fingerprint density at radius 3 is 2.72 bits per heavy atom. The molecule has 9 heteroatoms. The average Bonchev–Trinajstić information content (AvgIpc) is 2.58. The molecule has 2 aromatic carbocycles. The van der Waals surface area contributed by atoms with Crippen LogP contribution in [-0.2, 0) is 0 Å². The van der Waals surface area contributed by atoms with Crippen LogP contribution in [0.3, 0.4) is 0 Å². The number of methoxy groups -OCH3 is 1. The van der Waals surface area contributed by atoms with Crippen molar-refractivity contribution in [3.63, 3.8) is 0 Å². The Morgan fingerprint density at radius 1 is 1.36 bits per heavy atom. The van der Waals surface area contributed by atoms with E-state index in [9.17, 15) is 15.2 Å².